The van der Waals surface area contributed by atoms with E-state index in [1.165, 1.54) is 0 Å². The molecule has 1 aromatic heterocycles. The van der Waals surface area contributed by atoms with Gasteiger partial charge in [0.2, 0.25) is 0 Å². The van der Waals surface area contributed by atoms with Gasteiger partial charge in [-0.3, -0.25) is 9.69 Å². The normalized spacial score (nSPS) is 13.6. The van der Waals surface area contributed by atoms with Crippen LogP contribution in [0.25, 0.3) is 20.5 Å². The number of rotatable bonds is 12. The molecule has 0 bridgehead atoms. The van der Waals surface area contributed by atoms with Crippen molar-refractivity contribution < 1.29 is 23.7 Å². The van der Waals surface area contributed by atoms with Crippen molar-refractivity contribution in [3.8, 4) is 27.7 Å². The Kier molecular flexibility index (Phi) is 9.53. The fourth-order valence-electron chi connectivity index (χ4n) is 5.38. The van der Waals surface area contributed by atoms with Crippen LogP contribution in [0.15, 0.2) is 91.0 Å². The van der Waals surface area contributed by atoms with E-state index in [1.54, 1.807) is 18.4 Å². The van der Waals surface area contributed by atoms with Crippen molar-refractivity contribution in [2.75, 3.05) is 46.6 Å². The number of carbonyl (C=O) groups excluding carboxylic acids is 1. The Morgan fingerprint density at radius 1 is 0.909 bits per heavy atom. The number of nitrogens with zero attached hydrogens (tertiary/aromatic N) is 1. The average Bonchev–Trinajstić information content (AvgIpc) is 3.46. The van der Waals surface area contributed by atoms with E-state index in [0.717, 1.165) is 76.0 Å². The van der Waals surface area contributed by atoms with E-state index in [2.05, 4.69) is 4.90 Å². The maximum absolute atomic E-state index is 14.3. The highest BCUT2D eigenvalue weighted by molar-refractivity contribution is 7.22. The highest BCUT2D eigenvalue weighted by Gasteiger charge is 2.23. The number of benzene rings is 4. The zero-order chi connectivity index (χ0) is 30.3. The second kappa shape index (κ2) is 14.1. The molecule has 0 unspecified atom stereocenters. The molecule has 0 amide bonds. The van der Waals surface area contributed by atoms with E-state index in [1.807, 2.05) is 91.0 Å². The number of methoxy groups -OCH3 is 1. The Labute approximate surface area is 261 Å². The maximum Gasteiger partial charge on any atom is 0.195 e. The zero-order valence-electron chi connectivity index (χ0n) is 24.8. The molecule has 0 atom stereocenters. The highest BCUT2D eigenvalue weighted by atomic mass is 32.1. The van der Waals surface area contributed by atoms with Crippen molar-refractivity contribution in [2.24, 2.45) is 5.73 Å². The van der Waals surface area contributed by atoms with Crippen molar-refractivity contribution in [3.05, 3.63) is 113 Å². The van der Waals surface area contributed by atoms with Crippen LogP contribution in [0.3, 0.4) is 0 Å². The first-order valence-corrected chi connectivity index (χ1v) is 15.6. The number of thiophene rings is 1. The first-order valence-electron chi connectivity index (χ1n) is 14.8. The van der Waals surface area contributed by atoms with Gasteiger partial charge in [0.1, 0.15) is 30.5 Å². The second-order valence-electron chi connectivity index (χ2n) is 10.6. The third-order valence-corrected chi connectivity index (χ3v) is 8.89. The molecule has 0 saturated carbocycles. The minimum atomic E-state index is -0.0520. The fraction of sp³-hybridized carbons (Fsp3) is 0.250. The smallest absolute Gasteiger partial charge is 0.195 e. The Hall–Kier alpha value is -4.21. The molecule has 44 heavy (non-hydrogen) atoms. The summed E-state index contributed by atoms with van der Waals surface area (Å²) < 4.78 is 24.1. The molecule has 8 heteroatoms. The van der Waals surface area contributed by atoms with Gasteiger partial charge in [-0.1, -0.05) is 42.5 Å². The molecule has 1 aliphatic rings. The number of carbonyl (C=O) groups is 1. The summed E-state index contributed by atoms with van der Waals surface area (Å²) in [7, 11) is 1.66. The van der Waals surface area contributed by atoms with Crippen molar-refractivity contribution in [1.82, 2.24) is 4.90 Å². The van der Waals surface area contributed by atoms with E-state index in [4.69, 9.17) is 24.7 Å². The molecule has 5 aromatic rings. The summed E-state index contributed by atoms with van der Waals surface area (Å²) in [5, 5.41) is 0.891. The van der Waals surface area contributed by atoms with Gasteiger partial charge in [-0.05, 0) is 59.7 Å². The predicted molar refractivity (Wildman–Crippen MR) is 175 cm³/mol. The zero-order valence-corrected chi connectivity index (χ0v) is 25.6. The van der Waals surface area contributed by atoms with Gasteiger partial charge in [0, 0.05) is 57.8 Å². The summed E-state index contributed by atoms with van der Waals surface area (Å²) in [4.78, 5) is 17.6. The van der Waals surface area contributed by atoms with Gasteiger partial charge in [-0.2, -0.15) is 0 Å². The lowest BCUT2D eigenvalue weighted by molar-refractivity contribution is 0.0339. The lowest BCUT2D eigenvalue weighted by Crippen LogP contribution is -2.35. The summed E-state index contributed by atoms with van der Waals surface area (Å²) in [6, 6.07) is 29.6. The van der Waals surface area contributed by atoms with Crippen LogP contribution in [0.1, 0.15) is 27.0 Å². The number of ketones is 1. The highest BCUT2D eigenvalue weighted by Crippen LogP contribution is 2.42. The minimum absolute atomic E-state index is 0.0520. The Morgan fingerprint density at radius 2 is 1.68 bits per heavy atom. The first kappa shape index (κ1) is 29.8. The largest absolute Gasteiger partial charge is 0.496 e. The van der Waals surface area contributed by atoms with Crippen LogP contribution in [-0.2, 0) is 17.9 Å². The number of fused-ring (bicyclic) bond motifs is 1. The molecule has 226 valence electrons. The van der Waals surface area contributed by atoms with Gasteiger partial charge in [0.05, 0.1) is 20.3 Å². The van der Waals surface area contributed by atoms with Gasteiger partial charge in [0.15, 0.2) is 5.78 Å². The van der Waals surface area contributed by atoms with Crippen LogP contribution in [0, 0.1) is 0 Å². The number of nitrogens with two attached hydrogens (primary N) is 1. The number of ether oxygens (including phenoxy) is 4. The molecular formula is C36H36N2O5S. The molecule has 4 aromatic carbocycles. The van der Waals surface area contributed by atoms with Crippen molar-refractivity contribution in [1.29, 1.82) is 0 Å². The van der Waals surface area contributed by atoms with Crippen LogP contribution in [0.5, 0.6) is 17.2 Å². The lowest BCUT2D eigenvalue weighted by atomic mass is 9.96. The standard InChI is InChI=1S/C36H36N2O5S/c1-40-32-21-27(7-8-28(32)23-38-16-19-41-20-17-38)35(39)34-31-14-13-30(43-24-25-5-3-2-4-6-25)22-33(31)44-36(34)26-9-11-29(12-10-26)42-18-15-37/h2-14,21-22H,15-20,23-24,37H2,1H3. The summed E-state index contributed by atoms with van der Waals surface area (Å²) in [6.45, 7) is 5.32. The Morgan fingerprint density at radius 3 is 2.43 bits per heavy atom. The fourth-order valence-corrected chi connectivity index (χ4v) is 6.61. The van der Waals surface area contributed by atoms with Gasteiger partial charge in [-0.15, -0.1) is 11.3 Å². The van der Waals surface area contributed by atoms with E-state index in [-0.39, 0.29) is 5.78 Å². The van der Waals surface area contributed by atoms with Crippen molar-refractivity contribution in [2.45, 2.75) is 13.2 Å². The Bertz CT molecular complexity index is 1710. The third-order valence-electron chi connectivity index (χ3n) is 7.69. The molecule has 2 N–H and O–H groups in total. The van der Waals surface area contributed by atoms with Crippen LogP contribution in [0.2, 0.25) is 0 Å². The molecular weight excluding hydrogens is 572 g/mol. The summed E-state index contributed by atoms with van der Waals surface area (Å²) in [5.74, 6) is 2.16. The summed E-state index contributed by atoms with van der Waals surface area (Å²) in [5.41, 5.74) is 9.94. The van der Waals surface area contributed by atoms with E-state index in [0.29, 0.717) is 36.6 Å². The molecule has 1 aliphatic heterocycles. The molecule has 2 heterocycles. The molecule has 1 saturated heterocycles. The van der Waals surface area contributed by atoms with E-state index >= 15 is 0 Å². The van der Waals surface area contributed by atoms with Gasteiger partial charge in [0.25, 0.3) is 0 Å². The van der Waals surface area contributed by atoms with Gasteiger partial charge in [-0.25, -0.2) is 0 Å². The van der Waals surface area contributed by atoms with E-state index in [9.17, 15) is 4.79 Å². The van der Waals surface area contributed by atoms with Gasteiger partial charge >= 0.3 is 0 Å². The monoisotopic (exact) mass is 608 g/mol. The molecule has 1 fully saturated rings. The molecule has 0 aliphatic carbocycles. The predicted octanol–water partition coefficient (Wildman–Crippen LogP) is 6.56. The van der Waals surface area contributed by atoms with Crippen LogP contribution < -0.4 is 19.9 Å². The number of hydrogen-bond donors (Lipinski definition) is 1. The van der Waals surface area contributed by atoms with Crippen LogP contribution >= 0.6 is 11.3 Å². The van der Waals surface area contributed by atoms with Crippen molar-refractivity contribution >= 4 is 27.2 Å². The first-order chi connectivity index (χ1) is 21.6. The Balaban J connectivity index is 1.35. The van der Waals surface area contributed by atoms with Gasteiger partial charge < -0.3 is 24.7 Å². The summed E-state index contributed by atoms with van der Waals surface area (Å²) in [6.07, 6.45) is 0. The maximum atomic E-state index is 14.3. The topological polar surface area (TPSA) is 83.2 Å². The molecule has 0 radical (unpaired) electrons. The average molecular weight is 609 g/mol. The molecule has 6 rings (SSSR count). The van der Waals surface area contributed by atoms with Crippen molar-refractivity contribution in [3.63, 3.8) is 0 Å². The number of morpholine rings is 1. The minimum Gasteiger partial charge on any atom is -0.496 e. The van der Waals surface area contributed by atoms with E-state index < -0.39 is 0 Å². The van der Waals surface area contributed by atoms with Crippen LogP contribution in [-0.4, -0.2) is 57.2 Å². The lowest BCUT2D eigenvalue weighted by Gasteiger charge is -2.27. The summed E-state index contributed by atoms with van der Waals surface area (Å²) >= 11 is 1.58. The molecule has 7 nitrogen and oxygen atoms in total. The molecule has 0 spiro atoms. The SMILES string of the molecule is COc1cc(C(=O)c2c(-c3ccc(OCCN)cc3)sc3cc(OCc4ccccc4)ccc23)ccc1CN1CCOCC1. The third kappa shape index (κ3) is 6.79. The second-order valence-corrected chi connectivity index (χ2v) is 11.7. The quantitative estimate of drug-likeness (QED) is 0.161. The van der Waals surface area contributed by atoms with Crippen LogP contribution in [0.4, 0.5) is 0 Å². The number of hydrogen-bond acceptors (Lipinski definition) is 8.